The third kappa shape index (κ3) is 5.05. The Morgan fingerprint density at radius 2 is 1.80 bits per heavy atom. The number of hydrogen-bond acceptors (Lipinski definition) is 6. The van der Waals surface area contributed by atoms with Gasteiger partial charge in [0.25, 0.3) is 5.91 Å². The van der Waals surface area contributed by atoms with Crippen molar-refractivity contribution in [3.05, 3.63) is 70.5 Å². The third-order valence-electron chi connectivity index (χ3n) is 7.94. The fraction of sp³-hybridized carbons (Fsp3) is 0.375. The van der Waals surface area contributed by atoms with Gasteiger partial charge in [-0.15, -0.1) is 0 Å². The number of unbranched alkanes of at least 4 members (excludes halogenated alkanes) is 1. The van der Waals surface area contributed by atoms with Crippen molar-refractivity contribution >= 4 is 33.3 Å². The number of nitrogens with zero attached hydrogens (tertiary/aromatic N) is 3. The molecular formula is C32H37N5O3. The summed E-state index contributed by atoms with van der Waals surface area (Å²) in [4.78, 5) is 31.6. The Kier molecular flexibility index (Phi) is 7.45. The zero-order valence-electron chi connectivity index (χ0n) is 23.3. The van der Waals surface area contributed by atoms with Gasteiger partial charge < -0.3 is 29.7 Å². The molecule has 0 aliphatic carbocycles. The van der Waals surface area contributed by atoms with E-state index in [0.29, 0.717) is 28.9 Å². The highest BCUT2D eigenvalue weighted by molar-refractivity contribution is 6.03. The van der Waals surface area contributed by atoms with Gasteiger partial charge in [-0.1, -0.05) is 30.3 Å². The minimum atomic E-state index is -0.340. The van der Waals surface area contributed by atoms with Crippen molar-refractivity contribution < 1.29 is 9.53 Å². The molecule has 8 nitrogen and oxygen atoms in total. The molecule has 6 rings (SSSR count). The van der Waals surface area contributed by atoms with E-state index < -0.39 is 0 Å². The Balaban J connectivity index is 1.41. The molecule has 0 radical (unpaired) electrons. The number of fused-ring (bicyclic) bond motifs is 4. The summed E-state index contributed by atoms with van der Waals surface area (Å²) in [6.45, 7) is 5.27. The molecule has 4 aromatic rings. The summed E-state index contributed by atoms with van der Waals surface area (Å²) in [6.07, 6.45) is 6.20. The van der Waals surface area contributed by atoms with Crippen LogP contribution in [0.4, 0.5) is 5.69 Å². The Labute approximate surface area is 234 Å². The number of ether oxygens (including phenoxy) is 1. The third-order valence-corrected chi connectivity index (χ3v) is 7.94. The lowest BCUT2D eigenvalue weighted by molar-refractivity contribution is 0.0948. The minimum Gasteiger partial charge on any atom is -0.451 e. The number of amides is 1. The highest BCUT2D eigenvalue weighted by Crippen LogP contribution is 2.46. The second-order valence-electron chi connectivity index (χ2n) is 11.1. The molecule has 40 heavy (non-hydrogen) atoms. The summed E-state index contributed by atoms with van der Waals surface area (Å²) in [7, 11) is 4.16. The van der Waals surface area contributed by atoms with Gasteiger partial charge in [-0.3, -0.25) is 9.59 Å². The van der Waals surface area contributed by atoms with Gasteiger partial charge in [0.2, 0.25) is 5.43 Å². The number of carbonyl (C=O) groups is 1. The summed E-state index contributed by atoms with van der Waals surface area (Å²) >= 11 is 0. The largest absolute Gasteiger partial charge is 0.451 e. The monoisotopic (exact) mass is 539 g/mol. The molecule has 2 aliphatic rings. The van der Waals surface area contributed by atoms with E-state index in [-0.39, 0.29) is 16.9 Å². The van der Waals surface area contributed by atoms with Crippen LogP contribution in [0.1, 0.15) is 36.0 Å². The number of rotatable bonds is 10. The van der Waals surface area contributed by atoms with E-state index in [0.717, 1.165) is 67.7 Å². The van der Waals surface area contributed by atoms with E-state index in [1.165, 1.54) is 12.8 Å². The number of carbonyl (C=O) groups excluding carboxylic acids is 1. The standard InChI is InChI=1S/C32H37N5O3/c1-35(2)17-6-5-15-33-26-13-12-24-29-31(26)40-27-14-11-22-9-3-4-10-23(22)28(27)37(29)21-25(30(24)38)32(39)34-16-20-36-18-7-8-19-36/h3-4,9-14,21,33H,5-8,15-20H2,1-2H3,(H,34,39). The van der Waals surface area contributed by atoms with Crippen molar-refractivity contribution in [1.29, 1.82) is 0 Å². The summed E-state index contributed by atoms with van der Waals surface area (Å²) in [6, 6.07) is 15.8. The molecule has 2 aliphatic heterocycles. The maximum Gasteiger partial charge on any atom is 0.256 e. The van der Waals surface area contributed by atoms with Crippen LogP contribution in [-0.2, 0) is 0 Å². The molecule has 0 spiro atoms. The maximum absolute atomic E-state index is 13.7. The van der Waals surface area contributed by atoms with Crippen LogP contribution >= 0.6 is 0 Å². The Hall–Kier alpha value is -3.88. The van der Waals surface area contributed by atoms with Crippen LogP contribution in [0.25, 0.3) is 27.4 Å². The first-order valence-corrected chi connectivity index (χ1v) is 14.3. The van der Waals surface area contributed by atoms with Gasteiger partial charge in [-0.05, 0) is 83.0 Å². The van der Waals surface area contributed by atoms with Crippen LogP contribution in [0.5, 0.6) is 11.5 Å². The smallest absolute Gasteiger partial charge is 0.256 e. The minimum absolute atomic E-state index is 0.144. The Bertz CT molecular complexity index is 1620. The lowest BCUT2D eigenvalue weighted by atomic mass is 10.0. The maximum atomic E-state index is 13.7. The zero-order valence-corrected chi connectivity index (χ0v) is 23.3. The molecule has 1 aromatic heterocycles. The van der Waals surface area contributed by atoms with Crippen molar-refractivity contribution in [3.8, 4) is 17.2 Å². The SMILES string of the molecule is CN(C)CCCCNc1ccc2c(=O)c(C(=O)NCCN3CCCC3)cn3c2c1Oc1ccc2ccccc2c1-3. The first kappa shape index (κ1) is 26.3. The summed E-state index contributed by atoms with van der Waals surface area (Å²) in [5.74, 6) is 0.970. The highest BCUT2D eigenvalue weighted by atomic mass is 16.5. The molecule has 0 bridgehead atoms. The van der Waals surface area contributed by atoms with Crippen LogP contribution in [-0.4, -0.2) is 73.6 Å². The lowest BCUT2D eigenvalue weighted by Crippen LogP contribution is -2.36. The van der Waals surface area contributed by atoms with Gasteiger partial charge in [-0.2, -0.15) is 0 Å². The predicted molar refractivity (Wildman–Crippen MR) is 161 cm³/mol. The molecule has 0 atom stereocenters. The first-order valence-electron chi connectivity index (χ1n) is 14.3. The lowest BCUT2D eigenvalue weighted by Gasteiger charge is -2.27. The number of likely N-dealkylation sites (tertiary alicyclic amines) is 1. The average molecular weight is 540 g/mol. The van der Waals surface area contributed by atoms with Gasteiger partial charge in [0.1, 0.15) is 11.1 Å². The molecule has 0 saturated carbocycles. The van der Waals surface area contributed by atoms with Crippen molar-refractivity contribution in [2.75, 3.05) is 58.7 Å². The van der Waals surface area contributed by atoms with Gasteiger partial charge >= 0.3 is 0 Å². The average Bonchev–Trinajstić information content (AvgIpc) is 3.48. The molecule has 1 fully saturated rings. The van der Waals surface area contributed by atoms with Crippen LogP contribution in [0, 0.1) is 0 Å². The van der Waals surface area contributed by atoms with Crippen LogP contribution in [0.2, 0.25) is 0 Å². The molecule has 1 saturated heterocycles. The summed E-state index contributed by atoms with van der Waals surface area (Å²) < 4.78 is 8.51. The molecular weight excluding hydrogens is 502 g/mol. The van der Waals surface area contributed by atoms with E-state index in [4.69, 9.17) is 4.74 Å². The topological polar surface area (TPSA) is 78.8 Å². The second-order valence-corrected chi connectivity index (χ2v) is 11.1. The molecule has 3 aromatic carbocycles. The van der Waals surface area contributed by atoms with Gasteiger partial charge in [0, 0.05) is 31.2 Å². The zero-order chi connectivity index (χ0) is 27.6. The molecule has 0 unspecified atom stereocenters. The molecule has 208 valence electrons. The number of pyridine rings is 1. The summed E-state index contributed by atoms with van der Waals surface area (Å²) in [5.41, 5.74) is 2.22. The molecule has 8 heteroatoms. The van der Waals surface area contributed by atoms with Crippen LogP contribution < -0.4 is 20.8 Å². The summed E-state index contributed by atoms with van der Waals surface area (Å²) in [5, 5.41) is 9.05. The van der Waals surface area contributed by atoms with E-state index >= 15 is 0 Å². The Morgan fingerprint density at radius 3 is 2.62 bits per heavy atom. The molecule has 2 N–H and O–H groups in total. The van der Waals surface area contributed by atoms with E-state index in [9.17, 15) is 9.59 Å². The number of aromatic nitrogens is 1. The van der Waals surface area contributed by atoms with Gasteiger partial charge in [0.05, 0.1) is 16.8 Å². The van der Waals surface area contributed by atoms with Crippen LogP contribution in [0.3, 0.4) is 0 Å². The molecule has 1 amide bonds. The van der Waals surface area contributed by atoms with Gasteiger partial charge in [0.15, 0.2) is 11.5 Å². The van der Waals surface area contributed by atoms with Crippen molar-refractivity contribution in [3.63, 3.8) is 0 Å². The van der Waals surface area contributed by atoms with Crippen LogP contribution in [0.15, 0.2) is 59.5 Å². The van der Waals surface area contributed by atoms with Gasteiger partial charge in [-0.25, -0.2) is 0 Å². The quantitative estimate of drug-likeness (QED) is 0.248. The van der Waals surface area contributed by atoms with Crippen molar-refractivity contribution in [1.82, 2.24) is 19.7 Å². The van der Waals surface area contributed by atoms with E-state index in [1.54, 1.807) is 6.20 Å². The normalized spacial score (nSPS) is 14.5. The fourth-order valence-electron chi connectivity index (χ4n) is 5.85. The number of hydrogen-bond donors (Lipinski definition) is 2. The Morgan fingerprint density at radius 1 is 0.975 bits per heavy atom. The van der Waals surface area contributed by atoms with Crippen molar-refractivity contribution in [2.24, 2.45) is 0 Å². The van der Waals surface area contributed by atoms with E-state index in [2.05, 4.69) is 46.7 Å². The highest BCUT2D eigenvalue weighted by Gasteiger charge is 2.27. The van der Waals surface area contributed by atoms with Crippen molar-refractivity contribution in [2.45, 2.75) is 25.7 Å². The predicted octanol–water partition coefficient (Wildman–Crippen LogP) is 4.83. The fourth-order valence-corrected chi connectivity index (χ4v) is 5.85. The number of anilines is 1. The second kappa shape index (κ2) is 11.3. The first-order chi connectivity index (χ1) is 19.5. The number of benzene rings is 3. The molecule has 3 heterocycles. The number of nitrogens with one attached hydrogen (secondary N) is 2. The van der Waals surface area contributed by atoms with E-state index in [1.807, 2.05) is 41.0 Å².